The third-order valence-electron chi connectivity index (χ3n) is 14.7. The van der Waals surface area contributed by atoms with Gasteiger partial charge in [-0.3, -0.25) is 4.57 Å². The molecule has 0 aliphatic heterocycles. The average Bonchev–Trinajstić information content (AvgIpc) is 4.07. The summed E-state index contributed by atoms with van der Waals surface area (Å²) in [4.78, 5) is 10.5. The fourth-order valence-corrected chi connectivity index (χ4v) is 11.4. The van der Waals surface area contributed by atoms with E-state index in [2.05, 4.69) is 211 Å². The minimum Gasteiger partial charge on any atom is -0.456 e. The number of furan rings is 1. The van der Waals surface area contributed by atoms with Gasteiger partial charge in [0, 0.05) is 61.1 Å². The fraction of sp³-hybridized carbons (Fsp3) is 0.0820. The quantitative estimate of drug-likeness (QED) is 0.173. The maximum atomic E-state index is 6.87. The lowest BCUT2D eigenvalue weighted by atomic mass is 9.73. The van der Waals surface area contributed by atoms with Crippen LogP contribution in [-0.2, 0) is 11.8 Å². The van der Waals surface area contributed by atoms with E-state index in [0.29, 0.717) is 11.9 Å². The lowest BCUT2D eigenvalue weighted by molar-refractivity contribution is 0.405. The highest BCUT2D eigenvalue weighted by Crippen LogP contribution is 2.55. The molecule has 0 spiro atoms. The smallest absolute Gasteiger partial charge is 0.235 e. The van der Waals surface area contributed by atoms with Gasteiger partial charge in [-0.05, 0) is 106 Å². The Morgan fingerprint density at radius 3 is 1.89 bits per heavy atom. The van der Waals surface area contributed by atoms with Crippen molar-refractivity contribution in [2.75, 3.05) is 0 Å². The Morgan fingerprint density at radius 2 is 1.12 bits per heavy atom. The van der Waals surface area contributed by atoms with Crippen LogP contribution in [0, 0.1) is 5.92 Å². The Kier molecular flexibility index (Phi) is 7.80. The molecule has 1 unspecified atom stereocenters. The second kappa shape index (κ2) is 13.9. The summed E-state index contributed by atoms with van der Waals surface area (Å²) < 4.78 is 11.6. The molecule has 66 heavy (non-hydrogen) atoms. The lowest BCUT2D eigenvalue weighted by Gasteiger charge is -2.31. The van der Waals surface area contributed by atoms with E-state index in [9.17, 15) is 0 Å². The first-order valence-corrected chi connectivity index (χ1v) is 22.9. The molecule has 0 saturated heterocycles. The van der Waals surface area contributed by atoms with Gasteiger partial charge in [-0.15, -0.1) is 0 Å². The van der Waals surface area contributed by atoms with E-state index in [1.165, 1.54) is 44.5 Å². The van der Waals surface area contributed by atoms with Gasteiger partial charge in [0.2, 0.25) is 5.95 Å². The van der Waals surface area contributed by atoms with Crippen molar-refractivity contribution in [1.29, 1.82) is 0 Å². The van der Waals surface area contributed by atoms with Gasteiger partial charge in [0.05, 0.1) is 27.9 Å². The zero-order valence-electron chi connectivity index (χ0n) is 36.5. The monoisotopic (exact) mass is 846 g/mol. The van der Waals surface area contributed by atoms with E-state index in [-0.39, 0.29) is 5.41 Å². The highest BCUT2D eigenvalue weighted by atomic mass is 16.3. The number of benzene rings is 8. The minimum atomic E-state index is 0.0418. The van der Waals surface area contributed by atoms with E-state index in [1.54, 1.807) is 0 Å². The predicted octanol–water partition coefficient (Wildman–Crippen LogP) is 15.4. The standard InChI is InChI=1S/C61H42N4O/c1-61(2)50-24-14-12-22-42(50)45-32-48-46-30-39(27-29-55(46)64(56(48)34-51(45)61)41-20-10-5-11-21-41)40-26-28-44-49-33-47-43-23-13-15-25-54(43)65(57(47)36-59(49)66-58(44)31-40)60-62-52(37-16-6-3-7-17-37)35-53(63-60)38-18-8-4-9-19-38/h3-33,35-36,51H,34H2,1-2H3. The van der Waals surface area contributed by atoms with Gasteiger partial charge in [-0.2, -0.15) is 0 Å². The number of aromatic nitrogens is 4. The van der Waals surface area contributed by atoms with Crippen LogP contribution < -0.4 is 0 Å². The van der Waals surface area contributed by atoms with Gasteiger partial charge < -0.3 is 8.98 Å². The summed E-state index contributed by atoms with van der Waals surface area (Å²) >= 11 is 0. The van der Waals surface area contributed by atoms with Crippen molar-refractivity contribution in [3.05, 3.63) is 217 Å². The summed E-state index contributed by atoms with van der Waals surface area (Å²) in [5.74, 6) is 1.02. The molecular formula is C61H42N4O. The zero-order valence-corrected chi connectivity index (χ0v) is 36.5. The molecule has 4 heterocycles. The van der Waals surface area contributed by atoms with Crippen LogP contribution in [0.5, 0.6) is 0 Å². The molecule has 2 aliphatic rings. The van der Waals surface area contributed by atoms with E-state index >= 15 is 0 Å². The molecule has 0 saturated carbocycles. The second-order valence-electron chi connectivity index (χ2n) is 18.6. The number of fused-ring (bicyclic) bond motifs is 12. The number of rotatable bonds is 5. The minimum absolute atomic E-state index is 0.0418. The summed E-state index contributed by atoms with van der Waals surface area (Å²) in [6.45, 7) is 4.85. The molecule has 312 valence electrons. The summed E-state index contributed by atoms with van der Waals surface area (Å²) in [7, 11) is 0. The molecule has 4 aromatic heterocycles. The van der Waals surface area contributed by atoms with Crippen LogP contribution in [-0.4, -0.2) is 19.1 Å². The third kappa shape index (κ3) is 5.40. The third-order valence-corrected chi connectivity index (χ3v) is 14.7. The van der Waals surface area contributed by atoms with E-state index in [4.69, 9.17) is 14.4 Å². The highest BCUT2D eigenvalue weighted by Gasteiger charge is 2.45. The van der Waals surface area contributed by atoms with E-state index < -0.39 is 0 Å². The van der Waals surface area contributed by atoms with Crippen molar-refractivity contribution in [1.82, 2.24) is 19.1 Å². The van der Waals surface area contributed by atoms with Gasteiger partial charge in [0.25, 0.3) is 0 Å². The molecule has 0 N–H and O–H groups in total. The first kappa shape index (κ1) is 37.1. The first-order valence-electron chi connectivity index (χ1n) is 22.9. The van der Waals surface area contributed by atoms with Gasteiger partial charge >= 0.3 is 0 Å². The first-order chi connectivity index (χ1) is 32.5. The number of hydrogen-bond donors (Lipinski definition) is 0. The summed E-state index contributed by atoms with van der Waals surface area (Å²) in [5, 5.41) is 5.71. The molecule has 8 aromatic carbocycles. The van der Waals surface area contributed by atoms with Crippen molar-refractivity contribution < 1.29 is 4.42 Å². The largest absolute Gasteiger partial charge is 0.456 e. The maximum Gasteiger partial charge on any atom is 0.235 e. The predicted molar refractivity (Wildman–Crippen MR) is 271 cm³/mol. The normalized spacial score (nSPS) is 15.1. The van der Waals surface area contributed by atoms with E-state index in [1.807, 2.05) is 12.1 Å². The molecule has 14 rings (SSSR count). The van der Waals surface area contributed by atoms with Crippen LogP contribution in [0.2, 0.25) is 0 Å². The van der Waals surface area contributed by atoms with E-state index in [0.717, 1.165) is 83.8 Å². The van der Waals surface area contributed by atoms with Gasteiger partial charge in [-0.25, -0.2) is 9.97 Å². The SMILES string of the molecule is CC1(C)c2ccccc2C2=Cc3c(n(-c4ccccc4)c4ccc(-c5ccc6c(c5)oc5cc7c(cc56)c5ccccc5n7-c5nc(-c6ccccc6)cc(-c6ccccc6)n5)cc34)CC21. The maximum absolute atomic E-state index is 6.87. The lowest BCUT2D eigenvalue weighted by Crippen LogP contribution is -2.27. The van der Waals surface area contributed by atoms with Crippen LogP contribution in [0.1, 0.15) is 36.2 Å². The molecule has 0 radical (unpaired) electrons. The van der Waals surface area contributed by atoms with Crippen molar-refractivity contribution in [3.63, 3.8) is 0 Å². The molecule has 0 amide bonds. The molecule has 12 aromatic rings. The fourth-order valence-electron chi connectivity index (χ4n) is 11.4. The Bertz CT molecular complexity index is 3920. The molecular weight excluding hydrogens is 805 g/mol. The number of allylic oxidation sites excluding steroid dienone is 1. The number of nitrogens with zero attached hydrogens (tertiary/aromatic N) is 4. The summed E-state index contributed by atoms with van der Waals surface area (Å²) in [5.41, 5.74) is 19.3. The Balaban J connectivity index is 0.929. The topological polar surface area (TPSA) is 48.8 Å². The molecule has 0 bridgehead atoms. The van der Waals surface area contributed by atoms with Crippen molar-refractivity contribution >= 4 is 66.3 Å². The van der Waals surface area contributed by atoms with Gasteiger partial charge in [-0.1, -0.05) is 147 Å². The summed E-state index contributed by atoms with van der Waals surface area (Å²) in [6.07, 6.45) is 3.49. The van der Waals surface area contributed by atoms with Gasteiger partial charge in [0.15, 0.2) is 0 Å². The van der Waals surface area contributed by atoms with Crippen molar-refractivity contribution in [2.45, 2.75) is 25.7 Å². The van der Waals surface area contributed by atoms with Crippen LogP contribution in [0.25, 0.3) is 112 Å². The average molecular weight is 847 g/mol. The molecule has 1 atom stereocenters. The zero-order chi connectivity index (χ0) is 43.7. The molecule has 5 heteroatoms. The Morgan fingerprint density at radius 1 is 0.485 bits per heavy atom. The highest BCUT2D eigenvalue weighted by molar-refractivity contribution is 6.17. The molecule has 2 aliphatic carbocycles. The summed E-state index contributed by atoms with van der Waals surface area (Å²) in [6, 6.07) is 69.4. The van der Waals surface area contributed by atoms with Crippen molar-refractivity contribution in [2.24, 2.45) is 5.92 Å². The van der Waals surface area contributed by atoms with Gasteiger partial charge in [0.1, 0.15) is 11.2 Å². The Labute approximate surface area is 381 Å². The molecule has 0 fully saturated rings. The number of hydrogen-bond acceptors (Lipinski definition) is 3. The van der Waals surface area contributed by atoms with Crippen molar-refractivity contribution in [3.8, 4) is 45.3 Å². The number of para-hydroxylation sites is 2. The Hall–Kier alpha value is -8.28. The second-order valence-corrected chi connectivity index (χ2v) is 18.6. The van der Waals surface area contributed by atoms with Crippen LogP contribution in [0.4, 0.5) is 0 Å². The van der Waals surface area contributed by atoms with Crippen LogP contribution in [0.15, 0.2) is 199 Å². The van der Waals surface area contributed by atoms with Crippen LogP contribution >= 0.6 is 0 Å². The van der Waals surface area contributed by atoms with Crippen LogP contribution in [0.3, 0.4) is 0 Å². The molecule has 5 nitrogen and oxygen atoms in total.